The van der Waals surface area contributed by atoms with Crippen molar-refractivity contribution in [2.45, 2.75) is 45.4 Å². The zero-order valence-corrected chi connectivity index (χ0v) is 12.0. The lowest BCUT2D eigenvalue weighted by Crippen LogP contribution is -2.30. The summed E-state index contributed by atoms with van der Waals surface area (Å²) < 4.78 is 0. The fourth-order valence-electron chi connectivity index (χ4n) is 1.81. The first-order valence-corrected chi connectivity index (χ1v) is 6.99. The van der Waals surface area contributed by atoms with Crippen LogP contribution >= 0.6 is 0 Å². The summed E-state index contributed by atoms with van der Waals surface area (Å²) in [5, 5.41) is 12.8. The van der Waals surface area contributed by atoms with Gasteiger partial charge in [0.2, 0.25) is 5.91 Å². The summed E-state index contributed by atoms with van der Waals surface area (Å²) in [7, 11) is 0. The highest BCUT2D eigenvalue weighted by Crippen LogP contribution is 2.09. The Bertz CT molecular complexity index is 517. The van der Waals surface area contributed by atoms with Crippen molar-refractivity contribution < 1.29 is 14.5 Å². The van der Waals surface area contributed by atoms with Gasteiger partial charge in [-0.15, -0.1) is 0 Å². The van der Waals surface area contributed by atoms with Gasteiger partial charge in [0.1, 0.15) is 6.20 Å². The monoisotopic (exact) mass is 293 g/mol. The molecule has 1 heterocycles. The van der Waals surface area contributed by atoms with Crippen LogP contribution in [-0.4, -0.2) is 21.7 Å². The van der Waals surface area contributed by atoms with Crippen LogP contribution in [0, 0.1) is 10.1 Å². The molecule has 7 nitrogen and oxygen atoms in total. The van der Waals surface area contributed by atoms with E-state index in [0.717, 1.165) is 38.2 Å². The Morgan fingerprint density at radius 1 is 1.29 bits per heavy atom. The maximum atomic E-state index is 11.8. The molecule has 0 spiro atoms. The molecule has 0 aliphatic rings. The van der Waals surface area contributed by atoms with Gasteiger partial charge in [0.15, 0.2) is 0 Å². The van der Waals surface area contributed by atoms with Crippen molar-refractivity contribution in [3.05, 3.63) is 34.0 Å². The Morgan fingerprint density at radius 3 is 2.67 bits per heavy atom. The van der Waals surface area contributed by atoms with E-state index in [-0.39, 0.29) is 17.9 Å². The molecule has 0 radical (unpaired) electrons. The summed E-state index contributed by atoms with van der Waals surface area (Å²) in [6.07, 6.45) is 6.48. The van der Waals surface area contributed by atoms with E-state index >= 15 is 0 Å². The molecule has 0 aliphatic carbocycles. The summed E-state index contributed by atoms with van der Waals surface area (Å²) in [5.41, 5.74) is 0.0519. The first-order chi connectivity index (χ1) is 10.0. The number of nitrogens with zero attached hydrogens (tertiary/aromatic N) is 2. The van der Waals surface area contributed by atoms with Gasteiger partial charge in [-0.3, -0.25) is 14.9 Å². The zero-order valence-electron chi connectivity index (χ0n) is 12.0. The number of nitrogens with one attached hydrogen (secondary N) is 1. The number of aromatic nitrogens is 1. The van der Waals surface area contributed by atoms with E-state index < -0.39 is 16.6 Å². The van der Waals surface area contributed by atoms with E-state index in [2.05, 4.69) is 17.2 Å². The van der Waals surface area contributed by atoms with Crippen LogP contribution in [0.2, 0.25) is 0 Å². The minimum Gasteiger partial charge on any atom is -0.358 e. The van der Waals surface area contributed by atoms with Crippen LogP contribution in [0.5, 0.6) is 0 Å². The molecule has 0 atom stereocenters. The molecule has 7 heteroatoms. The summed E-state index contributed by atoms with van der Waals surface area (Å²) in [6, 6.07) is 2.38. The molecule has 2 amide bonds. The maximum absolute atomic E-state index is 11.8. The first kappa shape index (κ1) is 16.7. The van der Waals surface area contributed by atoms with Gasteiger partial charge >= 0.3 is 5.82 Å². The Balaban J connectivity index is 2.43. The van der Waals surface area contributed by atoms with Gasteiger partial charge in [-0.25, -0.2) is 0 Å². The number of rotatable bonds is 8. The minimum atomic E-state index is -0.688. The number of hydrogen-bond donors (Lipinski definition) is 1. The van der Waals surface area contributed by atoms with Gasteiger partial charge in [0, 0.05) is 12.5 Å². The molecule has 1 N–H and O–H groups in total. The molecule has 0 aliphatic heterocycles. The first-order valence-electron chi connectivity index (χ1n) is 6.99. The normalized spacial score (nSPS) is 10.1. The molecule has 0 saturated carbocycles. The van der Waals surface area contributed by atoms with Crippen molar-refractivity contribution in [3.63, 3.8) is 0 Å². The number of pyridine rings is 1. The molecule has 1 aromatic rings. The molecule has 0 fully saturated rings. The standard InChI is InChI=1S/C14H19N3O4/c1-2-3-4-5-6-7-13(18)16-14(19)11-8-9-15-12(10-11)17(20)21/h8-10H,2-7H2,1H3,(H,16,18,19). The average Bonchev–Trinajstić information content (AvgIpc) is 2.47. The van der Waals surface area contributed by atoms with E-state index in [1.807, 2.05) is 0 Å². The highest BCUT2D eigenvalue weighted by Gasteiger charge is 2.14. The van der Waals surface area contributed by atoms with Crippen LogP contribution < -0.4 is 5.32 Å². The lowest BCUT2D eigenvalue weighted by Gasteiger charge is -2.04. The Labute approximate surface area is 122 Å². The lowest BCUT2D eigenvalue weighted by molar-refractivity contribution is -0.389. The number of hydrogen-bond acceptors (Lipinski definition) is 5. The predicted molar refractivity (Wildman–Crippen MR) is 76.7 cm³/mol. The molecular weight excluding hydrogens is 274 g/mol. The van der Waals surface area contributed by atoms with Crippen LogP contribution in [0.1, 0.15) is 55.8 Å². The smallest absolute Gasteiger partial charge is 0.358 e. The van der Waals surface area contributed by atoms with Crippen LogP contribution in [0.15, 0.2) is 18.3 Å². The topological polar surface area (TPSA) is 102 Å². The number of imide groups is 1. The van der Waals surface area contributed by atoms with Crippen LogP contribution in [0.3, 0.4) is 0 Å². The summed E-state index contributed by atoms with van der Waals surface area (Å²) in [5.74, 6) is -1.43. The SMILES string of the molecule is CCCCCCCC(=O)NC(=O)c1ccnc([N+](=O)[O-])c1. The summed E-state index contributed by atoms with van der Waals surface area (Å²) >= 11 is 0. The third-order valence-corrected chi connectivity index (χ3v) is 2.96. The quantitative estimate of drug-likeness (QED) is 0.451. The fourth-order valence-corrected chi connectivity index (χ4v) is 1.81. The van der Waals surface area contributed by atoms with Crippen molar-refractivity contribution in [2.75, 3.05) is 0 Å². The van der Waals surface area contributed by atoms with Crippen molar-refractivity contribution in [1.29, 1.82) is 0 Å². The van der Waals surface area contributed by atoms with Gasteiger partial charge in [-0.2, -0.15) is 0 Å². The average molecular weight is 293 g/mol. The number of carbonyl (C=O) groups excluding carboxylic acids is 2. The summed E-state index contributed by atoms with van der Waals surface area (Å²) in [4.78, 5) is 36.8. The van der Waals surface area contributed by atoms with Crippen molar-refractivity contribution in [2.24, 2.45) is 0 Å². The zero-order chi connectivity index (χ0) is 15.7. The number of amides is 2. The Morgan fingerprint density at radius 2 is 2.00 bits per heavy atom. The predicted octanol–water partition coefficient (Wildman–Crippen LogP) is 2.61. The molecule has 21 heavy (non-hydrogen) atoms. The molecule has 114 valence electrons. The Hall–Kier alpha value is -2.31. The minimum absolute atomic E-state index is 0.0519. The van der Waals surface area contributed by atoms with Gasteiger partial charge < -0.3 is 10.1 Å². The molecule has 1 aromatic heterocycles. The molecule has 1 rings (SSSR count). The van der Waals surface area contributed by atoms with Gasteiger partial charge in [0.25, 0.3) is 5.91 Å². The molecule has 0 unspecified atom stereocenters. The van der Waals surface area contributed by atoms with E-state index in [1.165, 1.54) is 12.3 Å². The van der Waals surface area contributed by atoms with Crippen molar-refractivity contribution in [1.82, 2.24) is 10.3 Å². The highest BCUT2D eigenvalue weighted by molar-refractivity contribution is 6.04. The second-order valence-corrected chi connectivity index (χ2v) is 4.70. The van der Waals surface area contributed by atoms with Crippen LogP contribution in [-0.2, 0) is 4.79 Å². The highest BCUT2D eigenvalue weighted by atomic mass is 16.6. The van der Waals surface area contributed by atoms with Crippen molar-refractivity contribution >= 4 is 17.6 Å². The second kappa shape index (κ2) is 8.78. The number of carbonyl (C=O) groups is 2. The number of unbranched alkanes of at least 4 members (excludes halogenated alkanes) is 4. The van der Waals surface area contributed by atoms with Crippen molar-refractivity contribution in [3.8, 4) is 0 Å². The summed E-state index contributed by atoms with van der Waals surface area (Å²) in [6.45, 7) is 2.11. The molecule has 0 aromatic carbocycles. The van der Waals surface area contributed by atoms with E-state index in [4.69, 9.17) is 0 Å². The third kappa shape index (κ3) is 6.11. The van der Waals surface area contributed by atoms with E-state index in [1.54, 1.807) is 0 Å². The van der Waals surface area contributed by atoms with Crippen LogP contribution in [0.25, 0.3) is 0 Å². The van der Waals surface area contributed by atoms with Gasteiger partial charge in [-0.1, -0.05) is 32.6 Å². The Kier molecular flexibility index (Phi) is 7.00. The van der Waals surface area contributed by atoms with E-state index in [0.29, 0.717) is 0 Å². The fraction of sp³-hybridized carbons (Fsp3) is 0.500. The number of nitro groups is 1. The maximum Gasteiger partial charge on any atom is 0.364 e. The lowest BCUT2D eigenvalue weighted by atomic mass is 10.1. The van der Waals surface area contributed by atoms with Crippen LogP contribution in [0.4, 0.5) is 5.82 Å². The third-order valence-electron chi connectivity index (χ3n) is 2.96. The van der Waals surface area contributed by atoms with Gasteiger partial charge in [0.05, 0.1) is 5.56 Å². The molecular formula is C14H19N3O4. The van der Waals surface area contributed by atoms with E-state index in [9.17, 15) is 19.7 Å². The largest absolute Gasteiger partial charge is 0.364 e. The van der Waals surface area contributed by atoms with Gasteiger partial charge in [-0.05, 0) is 22.4 Å². The molecule has 0 bridgehead atoms. The molecule has 0 saturated heterocycles. The second-order valence-electron chi connectivity index (χ2n) is 4.70.